The highest BCUT2D eigenvalue weighted by atomic mass is 32.1. The van der Waals surface area contributed by atoms with E-state index >= 15 is 0 Å². The number of fused-ring (bicyclic) bond motifs is 3. The topological polar surface area (TPSA) is 176 Å². The Morgan fingerprint density at radius 2 is 1.10 bits per heavy atom. The zero-order valence-electron chi connectivity index (χ0n) is 39.4. The fraction of sp³-hybridized carbons (Fsp3) is 0.158. The number of carbonyl (C=O) groups is 2. The van der Waals surface area contributed by atoms with Crippen molar-refractivity contribution in [1.82, 2.24) is 18.3 Å². The van der Waals surface area contributed by atoms with Gasteiger partial charge in [0.05, 0.1) is 66.9 Å². The fourth-order valence-electron chi connectivity index (χ4n) is 8.14. The average Bonchev–Trinajstić information content (AvgIpc) is 4.11. The van der Waals surface area contributed by atoms with Crippen LogP contribution in [0.1, 0.15) is 41.7 Å². The van der Waals surface area contributed by atoms with Gasteiger partial charge in [-0.25, -0.2) is 9.59 Å². The van der Waals surface area contributed by atoms with Crippen LogP contribution in [0.2, 0.25) is 0 Å². The molecule has 0 aliphatic rings. The van der Waals surface area contributed by atoms with Crippen molar-refractivity contribution in [1.29, 1.82) is 0 Å². The van der Waals surface area contributed by atoms with E-state index in [4.69, 9.17) is 28.4 Å². The molecule has 0 aliphatic carbocycles. The summed E-state index contributed by atoms with van der Waals surface area (Å²) in [5, 5.41) is 20.7. The summed E-state index contributed by atoms with van der Waals surface area (Å²) in [4.78, 5) is 27.9. The summed E-state index contributed by atoms with van der Waals surface area (Å²) in [7, 11) is 0. The minimum absolute atomic E-state index is 0.0392. The highest BCUT2D eigenvalue weighted by Crippen LogP contribution is 2.43. The second-order valence-electron chi connectivity index (χ2n) is 16.4. The van der Waals surface area contributed by atoms with Crippen molar-refractivity contribution in [2.45, 2.75) is 46.8 Å². The number of benzene rings is 7. The molecule has 10 aromatic rings. The molecule has 0 saturated carbocycles. The molecular weight excluding hydrogens is 933 g/mol. The zero-order valence-corrected chi connectivity index (χ0v) is 40.3. The maximum atomic E-state index is 12.7. The largest absolute Gasteiger partial charge is 0.515 e. The number of aliphatic hydroxyl groups is 2. The van der Waals surface area contributed by atoms with Crippen LogP contribution in [-0.2, 0) is 42.4 Å². The molecule has 0 fully saturated rings. The Morgan fingerprint density at radius 3 is 1.69 bits per heavy atom. The first-order valence-corrected chi connectivity index (χ1v) is 24.0. The molecule has 0 bridgehead atoms. The van der Waals surface area contributed by atoms with Crippen molar-refractivity contribution < 1.29 is 48.2 Å². The smallest absolute Gasteiger partial charge is 0.489 e. The van der Waals surface area contributed by atoms with E-state index in [9.17, 15) is 19.8 Å². The molecule has 364 valence electrons. The van der Waals surface area contributed by atoms with Gasteiger partial charge in [0.1, 0.15) is 35.7 Å². The minimum Gasteiger partial charge on any atom is -0.489 e. The van der Waals surface area contributed by atoms with Crippen LogP contribution in [0.5, 0.6) is 23.3 Å². The monoisotopic (exact) mass is 982 g/mol. The van der Waals surface area contributed by atoms with E-state index in [-0.39, 0.29) is 26.4 Å². The van der Waals surface area contributed by atoms with Gasteiger partial charge in [-0.05, 0) is 89.2 Å². The third-order valence-electron chi connectivity index (χ3n) is 11.6. The minimum atomic E-state index is -0.788. The molecule has 72 heavy (non-hydrogen) atoms. The molecule has 0 amide bonds. The Hall–Kier alpha value is -8.50. The molecule has 15 heteroatoms. The second-order valence-corrected chi connectivity index (χ2v) is 16.9. The van der Waals surface area contributed by atoms with Gasteiger partial charge in [0.15, 0.2) is 0 Å². The van der Waals surface area contributed by atoms with Gasteiger partial charge >= 0.3 is 12.3 Å². The van der Waals surface area contributed by atoms with Crippen molar-refractivity contribution in [2.24, 2.45) is 0 Å². The lowest BCUT2D eigenvalue weighted by atomic mass is 10.0. The van der Waals surface area contributed by atoms with E-state index in [1.165, 1.54) is 11.7 Å². The van der Waals surface area contributed by atoms with Gasteiger partial charge < -0.3 is 48.2 Å². The van der Waals surface area contributed by atoms with Crippen LogP contribution in [0, 0.1) is 0 Å². The number of rotatable bonds is 16. The Labute approximate surface area is 418 Å². The number of carbonyl (C=O) groups excluding carboxylic acids is 2. The normalized spacial score (nSPS) is 11.0. The number of aromatic amines is 1. The first kappa shape index (κ1) is 48.5. The van der Waals surface area contributed by atoms with Crippen molar-refractivity contribution in [3.05, 3.63) is 192 Å². The lowest BCUT2D eigenvalue weighted by Crippen LogP contribution is -2.14. The van der Waals surface area contributed by atoms with Crippen LogP contribution < -0.4 is 18.9 Å². The van der Waals surface area contributed by atoms with Gasteiger partial charge in [0.25, 0.3) is 0 Å². The lowest BCUT2D eigenvalue weighted by molar-refractivity contribution is 0.101. The molecule has 14 nitrogen and oxygen atoms in total. The van der Waals surface area contributed by atoms with Crippen molar-refractivity contribution in [3.8, 4) is 45.5 Å². The average molecular weight is 983 g/mol. The van der Waals surface area contributed by atoms with Gasteiger partial charge in [-0.2, -0.15) is 8.75 Å². The van der Waals surface area contributed by atoms with Gasteiger partial charge in [-0.3, -0.25) is 0 Å². The van der Waals surface area contributed by atoms with Crippen LogP contribution >= 0.6 is 11.7 Å². The molecular formula is C57H50N4O10S. The second kappa shape index (κ2) is 22.9. The molecule has 0 spiro atoms. The fourth-order valence-corrected chi connectivity index (χ4v) is 8.66. The molecule has 0 atom stereocenters. The first-order chi connectivity index (χ1) is 35.3. The molecule has 3 heterocycles. The maximum absolute atomic E-state index is 12.7. The molecule has 0 aliphatic heterocycles. The van der Waals surface area contributed by atoms with Crippen LogP contribution in [0.15, 0.2) is 164 Å². The van der Waals surface area contributed by atoms with E-state index in [1.54, 1.807) is 13.8 Å². The van der Waals surface area contributed by atoms with Gasteiger partial charge in [0.2, 0.25) is 11.8 Å². The number of H-pyrrole nitrogens is 1. The molecule has 0 saturated heterocycles. The van der Waals surface area contributed by atoms with E-state index in [1.807, 2.05) is 168 Å². The van der Waals surface area contributed by atoms with Crippen LogP contribution in [-0.4, -0.2) is 54.0 Å². The predicted octanol–water partition coefficient (Wildman–Crippen LogP) is 12.4. The highest BCUT2D eigenvalue weighted by Gasteiger charge is 2.25. The predicted molar refractivity (Wildman–Crippen MR) is 276 cm³/mol. The highest BCUT2D eigenvalue weighted by molar-refractivity contribution is 7.00. The van der Waals surface area contributed by atoms with Crippen LogP contribution in [0.4, 0.5) is 9.59 Å². The van der Waals surface area contributed by atoms with Crippen molar-refractivity contribution in [2.75, 3.05) is 13.2 Å². The maximum Gasteiger partial charge on any atom is 0.515 e. The van der Waals surface area contributed by atoms with Gasteiger partial charge in [0, 0.05) is 22.9 Å². The Morgan fingerprint density at radius 1 is 0.556 bits per heavy atom. The molecule has 0 unspecified atom stereocenters. The Kier molecular flexibility index (Phi) is 15.5. The number of hydrogen-bond acceptors (Lipinski definition) is 13. The summed E-state index contributed by atoms with van der Waals surface area (Å²) in [5.41, 5.74) is 11.1. The summed E-state index contributed by atoms with van der Waals surface area (Å²) in [6.45, 7) is 5.02. The number of nitrogens with one attached hydrogen (secondary N) is 1. The van der Waals surface area contributed by atoms with Crippen LogP contribution in [0.3, 0.4) is 0 Å². The number of nitrogens with zero attached hydrogens (tertiary/aromatic N) is 3. The van der Waals surface area contributed by atoms with Gasteiger partial charge in [-0.1, -0.05) is 115 Å². The number of hydrogen-bond donors (Lipinski definition) is 3. The third kappa shape index (κ3) is 11.4. The molecule has 10 rings (SSSR count). The standard InChI is InChI=1S/C32H27N3O5S.C25H23NO5/c1-2-38-32(37)40-31-30(24-11-8-21(19-36)9-12-24)26-14-13-25(39-20-22-6-4-3-5-7-22)17-29(26)35(31)18-23-10-15-27-28(16-23)34-41-33-27;1-2-29-25(28)31-24-23(19-10-8-17(15-27)9-11-19)21-13-12-20(14-22(21)26-24)30-16-18-6-4-3-5-7-18/h3-17,36H,2,18-20H2,1H3;3-14,26-27H,2,15-16H2,1H3. The third-order valence-corrected chi connectivity index (χ3v) is 12.2. The molecule has 7 aromatic carbocycles. The van der Waals surface area contributed by atoms with E-state index in [0.717, 1.165) is 82.9 Å². The first-order valence-electron chi connectivity index (χ1n) is 23.3. The summed E-state index contributed by atoms with van der Waals surface area (Å²) in [6, 6.07) is 52.3. The lowest BCUT2D eigenvalue weighted by Gasteiger charge is -2.13. The van der Waals surface area contributed by atoms with Gasteiger partial charge in [-0.15, -0.1) is 0 Å². The quantitative estimate of drug-likeness (QED) is 0.0782. The summed E-state index contributed by atoms with van der Waals surface area (Å²) < 4.78 is 44.2. The Bertz CT molecular complexity index is 3430. The summed E-state index contributed by atoms with van der Waals surface area (Å²) in [6.07, 6.45) is -1.56. The van der Waals surface area contributed by atoms with E-state index in [0.29, 0.717) is 43.0 Å². The molecule has 0 radical (unpaired) electrons. The Balaban J connectivity index is 0.000000185. The van der Waals surface area contributed by atoms with E-state index < -0.39 is 12.3 Å². The number of aliphatic hydroxyl groups excluding tert-OH is 2. The summed E-state index contributed by atoms with van der Waals surface area (Å²) >= 11 is 1.17. The zero-order chi connectivity index (χ0) is 49.8. The SMILES string of the molecule is CCOC(=O)Oc1[nH]c2cc(OCc3ccccc3)ccc2c1-c1ccc(CO)cc1.CCOC(=O)Oc1c(-c2ccc(CO)cc2)c2ccc(OCc3ccccc3)cc2n1Cc1ccc2nsnc2c1. The van der Waals surface area contributed by atoms with E-state index in [2.05, 4.69) is 13.7 Å². The summed E-state index contributed by atoms with van der Waals surface area (Å²) in [5.74, 6) is 2.03. The van der Waals surface area contributed by atoms with Crippen molar-refractivity contribution >= 4 is 56.9 Å². The van der Waals surface area contributed by atoms with Crippen LogP contribution in [0.25, 0.3) is 55.1 Å². The molecule has 3 aromatic heterocycles. The van der Waals surface area contributed by atoms with Crippen molar-refractivity contribution in [3.63, 3.8) is 0 Å². The number of aromatic nitrogens is 4. The number of ether oxygens (including phenoxy) is 6. The molecule has 3 N–H and O–H groups in total.